The van der Waals surface area contributed by atoms with E-state index < -0.39 is 5.60 Å². The van der Waals surface area contributed by atoms with Crippen LogP contribution in [0, 0.1) is 6.92 Å². The largest absolute Gasteiger partial charge is 0.463 e. The van der Waals surface area contributed by atoms with E-state index in [1.807, 2.05) is 25.1 Å². The van der Waals surface area contributed by atoms with Gasteiger partial charge < -0.3 is 20.2 Å². The molecule has 1 aromatic heterocycles. The standard InChI is InChI=1S/C19H24N2O3/c1-14-8-9-16(24-14)18(2,23)12-20-17(22)21-13-19(10-11-19)15-6-4-3-5-7-15/h3-9,23H,10-13H2,1-2H3,(H2,20,21,22). The van der Waals surface area contributed by atoms with E-state index >= 15 is 0 Å². The minimum Gasteiger partial charge on any atom is -0.463 e. The molecule has 1 heterocycles. The van der Waals surface area contributed by atoms with Crippen molar-refractivity contribution in [3.8, 4) is 0 Å². The number of rotatable bonds is 6. The molecule has 0 spiro atoms. The monoisotopic (exact) mass is 328 g/mol. The summed E-state index contributed by atoms with van der Waals surface area (Å²) in [5.74, 6) is 1.18. The molecule has 1 unspecified atom stereocenters. The molecule has 1 saturated carbocycles. The van der Waals surface area contributed by atoms with Crippen molar-refractivity contribution in [1.29, 1.82) is 0 Å². The first-order valence-corrected chi connectivity index (χ1v) is 8.28. The molecule has 2 amide bonds. The maximum absolute atomic E-state index is 12.1. The number of carbonyl (C=O) groups excluding carboxylic acids is 1. The van der Waals surface area contributed by atoms with Crippen LogP contribution in [-0.2, 0) is 11.0 Å². The number of benzene rings is 1. The fraction of sp³-hybridized carbons (Fsp3) is 0.421. The second-order valence-corrected chi connectivity index (χ2v) is 6.87. The lowest BCUT2D eigenvalue weighted by Crippen LogP contribution is -2.45. The molecule has 0 saturated heterocycles. The number of aliphatic hydroxyl groups is 1. The summed E-state index contributed by atoms with van der Waals surface area (Å²) in [6.45, 7) is 4.13. The Morgan fingerprint density at radius 3 is 2.50 bits per heavy atom. The summed E-state index contributed by atoms with van der Waals surface area (Å²) in [6.07, 6.45) is 2.17. The van der Waals surface area contributed by atoms with Gasteiger partial charge in [0, 0.05) is 12.0 Å². The molecular weight excluding hydrogens is 304 g/mol. The summed E-state index contributed by atoms with van der Waals surface area (Å²) in [5, 5.41) is 16.1. The highest BCUT2D eigenvalue weighted by Gasteiger charge is 2.44. The maximum Gasteiger partial charge on any atom is 0.314 e. The molecule has 5 heteroatoms. The SMILES string of the molecule is Cc1ccc(C(C)(O)CNC(=O)NCC2(c3ccccc3)CC2)o1. The third-order valence-electron chi connectivity index (χ3n) is 4.69. The van der Waals surface area contributed by atoms with Crippen LogP contribution in [0.25, 0.3) is 0 Å². The zero-order valence-corrected chi connectivity index (χ0v) is 14.1. The van der Waals surface area contributed by atoms with Crippen molar-refractivity contribution < 1.29 is 14.3 Å². The Balaban J connectivity index is 1.50. The molecule has 3 rings (SSSR count). The van der Waals surface area contributed by atoms with E-state index in [0.29, 0.717) is 12.3 Å². The molecule has 128 valence electrons. The predicted octanol–water partition coefficient (Wildman–Crippen LogP) is 2.83. The Morgan fingerprint density at radius 1 is 1.21 bits per heavy atom. The van der Waals surface area contributed by atoms with Crippen molar-refractivity contribution in [1.82, 2.24) is 10.6 Å². The van der Waals surface area contributed by atoms with Gasteiger partial charge in [-0.3, -0.25) is 0 Å². The topological polar surface area (TPSA) is 74.5 Å². The third kappa shape index (κ3) is 3.62. The Bertz CT molecular complexity index is 702. The van der Waals surface area contributed by atoms with Gasteiger partial charge in [0.15, 0.2) is 0 Å². The highest BCUT2D eigenvalue weighted by molar-refractivity contribution is 5.74. The first kappa shape index (κ1) is 16.6. The highest BCUT2D eigenvalue weighted by Crippen LogP contribution is 2.47. The van der Waals surface area contributed by atoms with Crippen LogP contribution in [0.3, 0.4) is 0 Å². The predicted molar refractivity (Wildman–Crippen MR) is 91.8 cm³/mol. The summed E-state index contributed by atoms with van der Waals surface area (Å²) in [7, 11) is 0. The Hall–Kier alpha value is -2.27. The van der Waals surface area contributed by atoms with Crippen LogP contribution in [0.4, 0.5) is 4.79 Å². The van der Waals surface area contributed by atoms with Crippen molar-refractivity contribution in [3.63, 3.8) is 0 Å². The summed E-state index contributed by atoms with van der Waals surface area (Å²) >= 11 is 0. The van der Waals surface area contributed by atoms with Gasteiger partial charge in [0.05, 0.1) is 6.54 Å². The van der Waals surface area contributed by atoms with E-state index in [2.05, 4.69) is 22.8 Å². The quantitative estimate of drug-likeness (QED) is 0.763. The molecule has 0 bridgehead atoms. The van der Waals surface area contributed by atoms with Gasteiger partial charge in [0.1, 0.15) is 17.1 Å². The number of furan rings is 1. The van der Waals surface area contributed by atoms with Crippen LogP contribution >= 0.6 is 0 Å². The minimum atomic E-state index is -1.23. The average Bonchev–Trinajstić information content (AvgIpc) is 3.25. The van der Waals surface area contributed by atoms with Crippen molar-refractivity contribution in [3.05, 3.63) is 59.5 Å². The van der Waals surface area contributed by atoms with Gasteiger partial charge in [0.2, 0.25) is 0 Å². The summed E-state index contributed by atoms with van der Waals surface area (Å²) < 4.78 is 5.44. The fourth-order valence-electron chi connectivity index (χ4n) is 2.89. The second kappa shape index (κ2) is 6.32. The van der Waals surface area contributed by atoms with Crippen molar-refractivity contribution in [2.45, 2.75) is 37.7 Å². The van der Waals surface area contributed by atoms with Crippen LogP contribution in [0.2, 0.25) is 0 Å². The maximum atomic E-state index is 12.1. The zero-order chi connectivity index (χ0) is 17.2. The van der Waals surface area contributed by atoms with Crippen LogP contribution in [0.1, 0.15) is 36.8 Å². The molecule has 2 aromatic rings. The van der Waals surface area contributed by atoms with Crippen LogP contribution < -0.4 is 10.6 Å². The first-order valence-electron chi connectivity index (χ1n) is 8.28. The van der Waals surface area contributed by atoms with E-state index in [1.165, 1.54) is 5.56 Å². The Morgan fingerprint density at radius 2 is 1.92 bits per heavy atom. The van der Waals surface area contributed by atoms with Crippen LogP contribution in [0.15, 0.2) is 46.9 Å². The third-order valence-corrected chi connectivity index (χ3v) is 4.69. The van der Waals surface area contributed by atoms with E-state index in [1.54, 1.807) is 19.1 Å². The number of urea groups is 1. The highest BCUT2D eigenvalue weighted by atomic mass is 16.4. The molecule has 1 atom stereocenters. The number of carbonyl (C=O) groups is 1. The first-order chi connectivity index (χ1) is 11.4. The van der Waals surface area contributed by atoms with E-state index in [-0.39, 0.29) is 18.0 Å². The van der Waals surface area contributed by atoms with Gasteiger partial charge >= 0.3 is 6.03 Å². The lowest BCUT2D eigenvalue weighted by atomic mass is 9.96. The zero-order valence-electron chi connectivity index (χ0n) is 14.1. The van der Waals surface area contributed by atoms with Crippen LogP contribution in [0.5, 0.6) is 0 Å². The van der Waals surface area contributed by atoms with E-state index in [9.17, 15) is 9.90 Å². The van der Waals surface area contributed by atoms with E-state index in [0.717, 1.165) is 18.6 Å². The number of nitrogens with one attached hydrogen (secondary N) is 2. The smallest absolute Gasteiger partial charge is 0.314 e. The van der Waals surface area contributed by atoms with Gasteiger partial charge in [-0.2, -0.15) is 0 Å². The van der Waals surface area contributed by atoms with Crippen molar-refractivity contribution >= 4 is 6.03 Å². The van der Waals surface area contributed by atoms with Crippen molar-refractivity contribution in [2.75, 3.05) is 13.1 Å². The molecule has 1 fully saturated rings. The lowest BCUT2D eigenvalue weighted by molar-refractivity contribution is 0.0359. The molecule has 0 aliphatic heterocycles. The molecule has 24 heavy (non-hydrogen) atoms. The van der Waals surface area contributed by atoms with Gasteiger partial charge in [0.25, 0.3) is 0 Å². The Kier molecular flexibility index (Phi) is 4.37. The van der Waals surface area contributed by atoms with Crippen molar-refractivity contribution in [2.24, 2.45) is 0 Å². The average molecular weight is 328 g/mol. The normalized spacial score (nSPS) is 17.8. The lowest BCUT2D eigenvalue weighted by Gasteiger charge is -2.22. The molecule has 1 aliphatic carbocycles. The number of hydrogen-bond acceptors (Lipinski definition) is 3. The number of aryl methyl sites for hydroxylation is 1. The Labute approximate surface area is 142 Å². The molecule has 0 radical (unpaired) electrons. The number of amides is 2. The molecule has 1 aromatic carbocycles. The van der Waals surface area contributed by atoms with Gasteiger partial charge in [-0.15, -0.1) is 0 Å². The van der Waals surface area contributed by atoms with Gasteiger partial charge in [-0.1, -0.05) is 30.3 Å². The van der Waals surface area contributed by atoms with Crippen LogP contribution in [-0.4, -0.2) is 24.2 Å². The molecule has 1 aliphatic rings. The fourth-order valence-corrected chi connectivity index (χ4v) is 2.89. The summed E-state index contributed by atoms with van der Waals surface area (Å²) in [4.78, 5) is 12.1. The summed E-state index contributed by atoms with van der Waals surface area (Å²) in [5.41, 5.74) is 0.102. The molecule has 5 nitrogen and oxygen atoms in total. The summed E-state index contributed by atoms with van der Waals surface area (Å²) in [6, 6.07) is 13.5. The van der Waals surface area contributed by atoms with E-state index in [4.69, 9.17) is 4.42 Å². The van der Waals surface area contributed by atoms with Gasteiger partial charge in [-0.05, 0) is 44.4 Å². The number of hydrogen-bond donors (Lipinski definition) is 3. The van der Waals surface area contributed by atoms with Gasteiger partial charge in [-0.25, -0.2) is 4.79 Å². The molecule has 3 N–H and O–H groups in total. The second-order valence-electron chi connectivity index (χ2n) is 6.87. The molecular formula is C19H24N2O3. The minimum absolute atomic E-state index is 0.0687.